The number of carbonyl (C=O) groups is 2. The minimum Gasteiger partial charge on any atom is -0.477 e. The Morgan fingerprint density at radius 2 is 2.19 bits per heavy atom. The van der Waals surface area contributed by atoms with E-state index in [1.165, 1.54) is 11.1 Å². The van der Waals surface area contributed by atoms with Crippen LogP contribution in [0.4, 0.5) is 4.39 Å². The number of nitrogens with one attached hydrogen (secondary N) is 1. The van der Waals surface area contributed by atoms with Crippen molar-refractivity contribution in [1.29, 1.82) is 0 Å². The maximum atomic E-state index is 12.4. The van der Waals surface area contributed by atoms with E-state index >= 15 is 0 Å². The maximum absolute atomic E-state index is 12.4. The zero-order chi connectivity index (χ0) is 15.1. The second kappa shape index (κ2) is 4.69. The summed E-state index contributed by atoms with van der Waals surface area (Å²) in [5.74, 6) is -2.16. The summed E-state index contributed by atoms with van der Waals surface area (Å²) >= 11 is 0. The molecule has 0 radical (unpaired) electrons. The third-order valence-corrected chi connectivity index (χ3v) is 3.43. The van der Waals surface area contributed by atoms with E-state index in [4.69, 9.17) is 0 Å². The van der Waals surface area contributed by atoms with E-state index in [-0.39, 0.29) is 30.2 Å². The number of carboxylic acid groups (broad SMARTS) is 1. The van der Waals surface area contributed by atoms with Gasteiger partial charge in [-0.25, -0.2) is 14.3 Å². The molecule has 1 saturated heterocycles. The first kappa shape index (κ1) is 13.3. The van der Waals surface area contributed by atoms with Gasteiger partial charge in [0.25, 0.3) is 11.5 Å². The Hall–Kier alpha value is -2.71. The van der Waals surface area contributed by atoms with Gasteiger partial charge in [0.1, 0.15) is 5.56 Å². The summed E-state index contributed by atoms with van der Waals surface area (Å²) in [7, 11) is 0. The monoisotopic (exact) mass is 294 g/mol. The largest absolute Gasteiger partial charge is 0.477 e. The maximum Gasteiger partial charge on any atom is 0.354 e. The Bertz CT molecular complexity index is 790. The summed E-state index contributed by atoms with van der Waals surface area (Å²) in [5, 5.41) is 11.5. The first-order valence-electron chi connectivity index (χ1n) is 6.21. The summed E-state index contributed by atoms with van der Waals surface area (Å²) in [5.41, 5.74) is -1.16. The first-order chi connectivity index (χ1) is 10.0. The van der Waals surface area contributed by atoms with Crippen molar-refractivity contribution >= 4 is 17.5 Å². The minimum absolute atomic E-state index is 0.0476. The average molecular weight is 294 g/mol. The van der Waals surface area contributed by atoms with Crippen LogP contribution < -0.4 is 5.56 Å². The molecule has 2 aromatic rings. The number of aromatic nitrogens is 3. The Labute approximate surface area is 116 Å². The van der Waals surface area contributed by atoms with Crippen LogP contribution in [0.3, 0.4) is 0 Å². The van der Waals surface area contributed by atoms with Crippen LogP contribution in [-0.4, -0.2) is 56.2 Å². The van der Waals surface area contributed by atoms with Crippen molar-refractivity contribution in [2.75, 3.05) is 19.8 Å². The van der Waals surface area contributed by atoms with Gasteiger partial charge in [-0.3, -0.25) is 19.1 Å². The third-order valence-electron chi connectivity index (χ3n) is 3.43. The van der Waals surface area contributed by atoms with Gasteiger partial charge in [-0.2, -0.15) is 0 Å². The average Bonchev–Trinajstić information content (AvgIpc) is 2.78. The fourth-order valence-electron chi connectivity index (χ4n) is 2.32. The molecule has 9 heteroatoms. The number of amides is 1. The molecule has 0 aromatic carbocycles. The molecule has 1 amide bonds. The third kappa shape index (κ3) is 1.97. The Balaban J connectivity index is 2.10. The van der Waals surface area contributed by atoms with E-state index < -0.39 is 29.8 Å². The summed E-state index contributed by atoms with van der Waals surface area (Å²) in [6.07, 6.45) is 1.20. The van der Waals surface area contributed by atoms with Crippen molar-refractivity contribution in [3.8, 4) is 0 Å². The van der Waals surface area contributed by atoms with E-state index in [1.54, 1.807) is 0 Å². The normalized spacial score (nSPS) is 15.2. The highest BCUT2D eigenvalue weighted by atomic mass is 19.1. The van der Waals surface area contributed by atoms with Gasteiger partial charge in [0.15, 0.2) is 11.3 Å². The number of carbonyl (C=O) groups excluding carboxylic acids is 1. The summed E-state index contributed by atoms with van der Waals surface area (Å²) in [6.45, 7) is -0.0766. The number of halogens is 1. The molecule has 2 aromatic heterocycles. The molecule has 110 valence electrons. The lowest BCUT2D eigenvalue weighted by molar-refractivity contribution is 0.0447. The standard InChI is InChI=1S/C12H11FN4O4/c13-3-6-4-16(5-6)11(19)8-9(12(20)21)15-17-7(18)1-2-14-10(8)17/h1-2,6,15H,3-5H2,(H,20,21). The van der Waals surface area contributed by atoms with Crippen molar-refractivity contribution in [3.63, 3.8) is 0 Å². The summed E-state index contributed by atoms with van der Waals surface area (Å²) < 4.78 is 13.3. The SMILES string of the molecule is O=C(O)c1[nH]n2c(=O)ccnc2c1C(=O)N1CC(CF)C1. The van der Waals surface area contributed by atoms with Crippen LogP contribution in [0.2, 0.25) is 0 Å². The number of aromatic carboxylic acids is 1. The highest BCUT2D eigenvalue weighted by molar-refractivity contribution is 6.08. The molecule has 1 fully saturated rings. The van der Waals surface area contributed by atoms with Gasteiger partial charge in [0.2, 0.25) is 0 Å². The molecule has 2 N–H and O–H groups in total. The van der Waals surface area contributed by atoms with Gasteiger partial charge in [-0.05, 0) is 0 Å². The van der Waals surface area contributed by atoms with E-state index in [1.807, 2.05) is 0 Å². The molecule has 1 aliphatic rings. The van der Waals surface area contributed by atoms with E-state index in [0.717, 1.165) is 10.6 Å². The topological polar surface area (TPSA) is 108 Å². The lowest BCUT2D eigenvalue weighted by Gasteiger charge is -2.37. The summed E-state index contributed by atoms with van der Waals surface area (Å²) in [6, 6.07) is 1.14. The molecule has 0 bridgehead atoms. The molecule has 0 atom stereocenters. The molecule has 8 nitrogen and oxygen atoms in total. The minimum atomic E-state index is -1.37. The molecular formula is C12H11FN4O4. The molecule has 0 spiro atoms. The number of likely N-dealkylation sites (tertiary alicyclic amines) is 1. The number of fused-ring (bicyclic) bond motifs is 1. The molecule has 0 aliphatic carbocycles. The quantitative estimate of drug-likeness (QED) is 0.812. The van der Waals surface area contributed by atoms with Crippen LogP contribution in [0.15, 0.2) is 17.1 Å². The number of carboxylic acids is 1. The number of hydrogen-bond donors (Lipinski definition) is 2. The van der Waals surface area contributed by atoms with Crippen LogP contribution in [-0.2, 0) is 0 Å². The van der Waals surface area contributed by atoms with Gasteiger partial charge < -0.3 is 10.0 Å². The van der Waals surface area contributed by atoms with Crippen LogP contribution in [0.1, 0.15) is 20.8 Å². The zero-order valence-corrected chi connectivity index (χ0v) is 10.7. The number of nitrogens with zero attached hydrogens (tertiary/aromatic N) is 3. The zero-order valence-electron chi connectivity index (χ0n) is 10.7. The van der Waals surface area contributed by atoms with E-state index in [9.17, 15) is 23.9 Å². The predicted molar refractivity (Wildman–Crippen MR) is 68.1 cm³/mol. The van der Waals surface area contributed by atoms with Gasteiger partial charge in [0.05, 0.1) is 6.67 Å². The fraction of sp³-hybridized carbons (Fsp3) is 0.333. The molecule has 0 saturated carbocycles. The first-order valence-corrected chi connectivity index (χ1v) is 6.21. The van der Waals surface area contributed by atoms with Crippen molar-refractivity contribution < 1.29 is 19.1 Å². The second-order valence-electron chi connectivity index (χ2n) is 4.84. The number of alkyl halides is 1. The molecule has 3 heterocycles. The molecule has 21 heavy (non-hydrogen) atoms. The van der Waals surface area contributed by atoms with E-state index in [2.05, 4.69) is 10.1 Å². The number of hydrogen-bond acceptors (Lipinski definition) is 4. The number of H-pyrrole nitrogens is 1. The lowest BCUT2D eigenvalue weighted by Crippen LogP contribution is -2.51. The lowest BCUT2D eigenvalue weighted by atomic mass is 10.0. The highest BCUT2D eigenvalue weighted by Gasteiger charge is 2.35. The molecular weight excluding hydrogens is 283 g/mol. The fourth-order valence-corrected chi connectivity index (χ4v) is 2.32. The number of rotatable bonds is 3. The predicted octanol–water partition coefficient (Wildman–Crippen LogP) is -0.238. The molecule has 1 aliphatic heterocycles. The van der Waals surface area contributed by atoms with Gasteiger partial charge in [0, 0.05) is 31.3 Å². The molecule has 0 unspecified atom stereocenters. The second-order valence-corrected chi connectivity index (χ2v) is 4.84. The van der Waals surface area contributed by atoms with Crippen molar-refractivity contribution in [2.45, 2.75) is 0 Å². The summed E-state index contributed by atoms with van der Waals surface area (Å²) in [4.78, 5) is 40.5. The number of aromatic amines is 1. The van der Waals surface area contributed by atoms with Gasteiger partial charge in [-0.1, -0.05) is 0 Å². The van der Waals surface area contributed by atoms with Gasteiger partial charge in [-0.15, -0.1) is 0 Å². The van der Waals surface area contributed by atoms with Crippen molar-refractivity contribution in [1.82, 2.24) is 19.5 Å². The van der Waals surface area contributed by atoms with E-state index in [0.29, 0.717) is 0 Å². The van der Waals surface area contributed by atoms with Gasteiger partial charge >= 0.3 is 5.97 Å². The molecule has 3 rings (SSSR count). The Morgan fingerprint density at radius 1 is 1.48 bits per heavy atom. The smallest absolute Gasteiger partial charge is 0.354 e. The van der Waals surface area contributed by atoms with Crippen molar-refractivity contribution in [2.24, 2.45) is 5.92 Å². The van der Waals surface area contributed by atoms with Crippen LogP contribution in [0.25, 0.3) is 5.65 Å². The Morgan fingerprint density at radius 3 is 2.81 bits per heavy atom. The van der Waals surface area contributed by atoms with Crippen LogP contribution in [0.5, 0.6) is 0 Å². The Kier molecular flexibility index (Phi) is 2.96. The van der Waals surface area contributed by atoms with Crippen molar-refractivity contribution in [3.05, 3.63) is 33.9 Å². The highest BCUT2D eigenvalue weighted by Crippen LogP contribution is 2.22. The van der Waals surface area contributed by atoms with Crippen LogP contribution in [0, 0.1) is 5.92 Å². The van der Waals surface area contributed by atoms with Crippen LogP contribution >= 0.6 is 0 Å².